The number of para-hydroxylation sites is 1. The third kappa shape index (κ3) is 7.20. The maximum atomic E-state index is 13.9. The molecule has 14 heteroatoms. The van der Waals surface area contributed by atoms with E-state index in [1.807, 2.05) is 31.2 Å². The molecule has 0 saturated carbocycles. The zero-order valence-corrected chi connectivity index (χ0v) is 25.0. The van der Waals surface area contributed by atoms with Gasteiger partial charge in [0.15, 0.2) is 0 Å². The summed E-state index contributed by atoms with van der Waals surface area (Å²) in [7, 11) is 0. The third-order valence-corrected chi connectivity index (χ3v) is 8.31. The fourth-order valence-corrected chi connectivity index (χ4v) is 5.33. The Labute approximate surface area is 257 Å². The summed E-state index contributed by atoms with van der Waals surface area (Å²) in [5.74, 6) is -4.12. The maximum absolute atomic E-state index is 13.9. The maximum Gasteiger partial charge on any atom is 0.322 e. The number of hydrogen-bond acceptors (Lipinski definition) is 5. The molecule has 0 unspecified atom stereocenters. The van der Waals surface area contributed by atoms with Crippen molar-refractivity contribution >= 4 is 69.5 Å². The number of primary amides is 1. The minimum Gasteiger partial charge on any atom is -0.481 e. The number of anilines is 1. The van der Waals surface area contributed by atoms with E-state index in [9.17, 15) is 24.0 Å². The van der Waals surface area contributed by atoms with Crippen LogP contribution in [0.5, 0.6) is 0 Å². The van der Waals surface area contributed by atoms with E-state index in [-0.39, 0.29) is 18.0 Å². The summed E-state index contributed by atoms with van der Waals surface area (Å²) >= 11 is 12.1. The zero-order chi connectivity index (χ0) is 31.4. The van der Waals surface area contributed by atoms with Crippen molar-refractivity contribution in [3.05, 3.63) is 63.8 Å². The number of rotatable bonds is 10. The number of amides is 5. The first-order chi connectivity index (χ1) is 20.4. The standard InChI is InChI=1S/C29H32Cl2N6O6/c1-3-14(2)25(28(42)35-21(26(32)40)12-24(38)39)36-27(41)23-11-17-16-6-4-5-7-20(16)34-22(17)13-37(23)29(43)33-15-8-9-18(30)19(31)10-15/h4-10,14,21,23,25,34H,3,11-13H2,1-2H3,(H2,32,40)(H,33,43)(H,35,42)(H,36,41)(H,38,39)/t14-,21-,23+,25-/m0/s1. The van der Waals surface area contributed by atoms with E-state index in [1.165, 1.54) is 17.0 Å². The first-order valence-corrected chi connectivity index (χ1v) is 14.4. The van der Waals surface area contributed by atoms with Crippen molar-refractivity contribution in [3.8, 4) is 0 Å². The SMILES string of the molecule is CC[C@H](C)[C@H](NC(=O)[C@H]1Cc2c([nH]c3ccccc23)CN1C(=O)Nc1ccc(Cl)c(Cl)c1)C(=O)N[C@@H](CC(=O)O)C(N)=O. The van der Waals surface area contributed by atoms with Crippen molar-refractivity contribution in [2.24, 2.45) is 11.7 Å². The molecule has 2 heterocycles. The molecule has 228 valence electrons. The van der Waals surface area contributed by atoms with E-state index >= 15 is 0 Å². The molecule has 3 aromatic rings. The lowest BCUT2D eigenvalue weighted by atomic mass is 9.94. The third-order valence-electron chi connectivity index (χ3n) is 7.57. The molecular formula is C29H32Cl2N6O6. The average Bonchev–Trinajstić information content (AvgIpc) is 3.33. The van der Waals surface area contributed by atoms with E-state index in [2.05, 4.69) is 20.9 Å². The lowest BCUT2D eigenvalue weighted by molar-refractivity contribution is -0.140. The first-order valence-electron chi connectivity index (χ1n) is 13.6. The van der Waals surface area contributed by atoms with Gasteiger partial charge in [0.1, 0.15) is 18.1 Å². The van der Waals surface area contributed by atoms with Gasteiger partial charge in [0.05, 0.1) is 23.0 Å². The highest BCUT2D eigenvalue weighted by Crippen LogP contribution is 2.32. The predicted molar refractivity (Wildman–Crippen MR) is 162 cm³/mol. The quantitative estimate of drug-likeness (QED) is 0.199. The molecule has 4 rings (SSSR count). The summed E-state index contributed by atoms with van der Waals surface area (Å²) < 4.78 is 0. The summed E-state index contributed by atoms with van der Waals surface area (Å²) in [5.41, 5.74) is 8.16. The number of carbonyl (C=O) groups excluding carboxylic acids is 4. The monoisotopic (exact) mass is 630 g/mol. The molecule has 0 fully saturated rings. The Hall–Kier alpha value is -4.29. The molecule has 2 aromatic carbocycles. The Bertz CT molecular complexity index is 1580. The Morgan fingerprint density at radius 3 is 2.47 bits per heavy atom. The van der Waals surface area contributed by atoms with E-state index in [4.69, 9.17) is 34.0 Å². The molecule has 1 aromatic heterocycles. The number of nitrogens with two attached hydrogens (primary N) is 1. The highest BCUT2D eigenvalue weighted by molar-refractivity contribution is 6.42. The van der Waals surface area contributed by atoms with Crippen molar-refractivity contribution < 1.29 is 29.1 Å². The number of nitrogens with zero attached hydrogens (tertiary/aromatic N) is 1. The van der Waals surface area contributed by atoms with Crippen LogP contribution < -0.4 is 21.7 Å². The molecule has 43 heavy (non-hydrogen) atoms. The molecule has 5 amide bonds. The second kappa shape index (κ2) is 13.3. The molecule has 1 aliphatic rings. The van der Waals surface area contributed by atoms with Gasteiger partial charge in [-0.15, -0.1) is 0 Å². The van der Waals surface area contributed by atoms with E-state index < -0.39 is 60.2 Å². The Balaban J connectivity index is 1.64. The molecule has 1 aliphatic heterocycles. The van der Waals surface area contributed by atoms with Crippen LogP contribution >= 0.6 is 23.2 Å². The molecular weight excluding hydrogens is 599 g/mol. The number of halogens is 2. The van der Waals surface area contributed by atoms with Crippen molar-refractivity contribution in [1.82, 2.24) is 20.5 Å². The van der Waals surface area contributed by atoms with Crippen molar-refractivity contribution in [1.29, 1.82) is 0 Å². The minimum absolute atomic E-state index is 0.0673. The van der Waals surface area contributed by atoms with Crippen LogP contribution in [0.25, 0.3) is 10.9 Å². The van der Waals surface area contributed by atoms with Gasteiger partial charge in [-0.05, 0) is 35.7 Å². The van der Waals surface area contributed by atoms with E-state index in [1.54, 1.807) is 13.0 Å². The molecule has 7 N–H and O–H groups in total. The number of carbonyl (C=O) groups is 5. The second-order valence-corrected chi connectivity index (χ2v) is 11.3. The Kier molecular flexibility index (Phi) is 9.82. The number of aromatic nitrogens is 1. The lowest BCUT2D eigenvalue weighted by Gasteiger charge is -2.36. The smallest absolute Gasteiger partial charge is 0.322 e. The fraction of sp³-hybridized carbons (Fsp3) is 0.345. The van der Waals surface area contributed by atoms with E-state index in [0.29, 0.717) is 17.1 Å². The van der Waals surface area contributed by atoms with Gasteiger partial charge in [0, 0.05) is 28.7 Å². The van der Waals surface area contributed by atoms with Crippen LogP contribution in [0.2, 0.25) is 10.0 Å². The van der Waals surface area contributed by atoms with Gasteiger partial charge < -0.3 is 36.7 Å². The van der Waals surface area contributed by atoms with Crippen molar-refractivity contribution in [2.45, 2.75) is 57.8 Å². The number of carboxylic acids is 1. The van der Waals surface area contributed by atoms with Gasteiger partial charge in [-0.2, -0.15) is 0 Å². The lowest BCUT2D eigenvalue weighted by Crippen LogP contribution is -2.60. The zero-order valence-electron chi connectivity index (χ0n) is 23.4. The number of aliphatic carboxylic acids is 1. The summed E-state index contributed by atoms with van der Waals surface area (Å²) in [4.78, 5) is 68.4. The van der Waals surface area contributed by atoms with Crippen molar-refractivity contribution in [2.75, 3.05) is 5.32 Å². The van der Waals surface area contributed by atoms with E-state index in [0.717, 1.165) is 22.2 Å². The van der Waals surface area contributed by atoms with Crippen LogP contribution in [0, 0.1) is 5.92 Å². The van der Waals surface area contributed by atoms with Gasteiger partial charge in [-0.25, -0.2) is 4.79 Å². The number of fused-ring (bicyclic) bond motifs is 3. The minimum atomic E-state index is -1.47. The second-order valence-electron chi connectivity index (χ2n) is 10.5. The summed E-state index contributed by atoms with van der Waals surface area (Å²) in [6.07, 6.45) is -0.0913. The molecule has 0 aliphatic carbocycles. The Morgan fingerprint density at radius 2 is 1.81 bits per heavy atom. The highest BCUT2D eigenvalue weighted by atomic mass is 35.5. The van der Waals surface area contributed by atoms with Gasteiger partial charge in [-0.1, -0.05) is 61.7 Å². The molecule has 0 bridgehead atoms. The number of aromatic amines is 1. The predicted octanol–water partition coefficient (Wildman–Crippen LogP) is 3.41. The highest BCUT2D eigenvalue weighted by Gasteiger charge is 2.39. The van der Waals surface area contributed by atoms with Crippen molar-refractivity contribution in [3.63, 3.8) is 0 Å². The number of H-pyrrole nitrogens is 1. The molecule has 0 saturated heterocycles. The Morgan fingerprint density at radius 1 is 1.09 bits per heavy atom. The van der Waals surface area contributed by atoms with Gasteiger partial charge >= 0.3 is 12.0 Å². The first kappa shape index (κ1) is 31.6. The number of urea groups is 1. The van der Waals surface area contributed by atoms with Gasteiger partial charge in [-0.3, -0.25) is 19.2 Å². The van der Waals surface area contributed by atoms with Crippen LogP contribution in [-0.2, 0) is 32.1 Å². The van der Waals surface area contributed by atoms with Crippen LogP contribution in [0.15, 0.2) is 42.5 Å². The largest absolute Gasteiger partial charge is 0.481 e. The fourth-order valence-electron chi connectivity index (χ4n) is 5.04. The molecule has 0 spiro atoms. The van der Waals surface area contributed by atoms with Gasteiger partial charge in [0.25, 0.3) is 0 Å². The topological polar surface area (TPSA) is 187 Å². The number of nitrogens with one attached hydrogen (secondary N) is 4. The summed E-state index contributed by atoms with van der Waals surface area (Å²) in [6, 6.07) is 7.97. The normalized spacial score (nSPS) is 16.5. The number of carboxylic acid groups (broad SMARTS) is 1. The van der Waals surface area contributed by atoms with Crippen LogP contribution in [0.3, 0.4) is 0 Å². The molecule has 12 nitrogen and oxygen atoms in total. The number of benzene rings is 2. The summed E-state index contributed by atoms with van der Waals surface area (Å²) in [6.45, 7) is 3.61. The van der Waals surface area contributed by atoms with Crippen LogP contribution in [0.1, 0.15) is 37.9 Å². The van der Waals surface area contributed by atoms with Gasteiger partial charge in [0.2, 0.25) is 17.7 Å². The van der Waals surface area contributed by atoms with Crippen LogP contribution in [0.4, 0.5) is 10.5 Å². The molecule has 4 atom stereocenters. The average molecular weight is 632 g/mol. The molecule has 0 radical (unpaired) electrons. The summed E-state index contributed by atoms with van der Waals surface area (Å²) in [5, 5.41) is 18.4. The van der Waals surface area contributed by atoms with Crippen LogP contribution in [-0.4, -0.2) is 62.8 Å². The number of hydrogen-bond donors (Lipinski definition) is 6.